The van der Waals surface area contributed by atoms with E-state index in [2.05, 4.69) is 56.2 Å². The van der Waals surface area contributed by atoms with E-state index >= 15 is 0 Å². The molecule has 0 saturated carbocycles. The molecule has 102 valence electrons. The molecule has 0 heterocycles. The van der Waals surface area contributed by atoms with Crippen LogP contribution in [0.1, 0.15) is 37.3 Å². The molecule has 1 aromatic rings. The molecule has 0 aromatic heterocycles. The van der Waals surface area contributed by atoms with Crippen molar-refractivity contribution in [2.75, 3.05) is 31.6 Å². The fraction of sp³-hybridized carbons (Fsp3) is 0.625. The zero-order valence-electron chi connectivity index (χ0n) is 12.4. The molecule has 0 spiro atoms. The monoisotopic (exact) mass is 248 g/mol. The highest BCUT2D eigenvalue weighted by Crippen LogP contribution is 2.17. The maximum atomic E-state index is 3.45. The Morgan fingerprint density at radius 3 is 2.28 bits per heavy atom. The van der Waals surface area contributed by atoms with Crippen molar-refractivity contribution in [2.24, 2.45) is 0 Å². The van der Waals surface area contributed by atoms with Gasteiger partial charge < -0.3 is 10.2 Å². The third kappa shape index (κ3) is 5.54. The normalized spacial score (nSPS) is 10.7. The largest absolute Gasteiger partial charge is 0.375 e. The van der Waals surface area contributed by atoms with E-state index in [1.807, 2.05) is 0 Å². The minimum atomic E-state index is 1.14. The van der Waals surface area contributed by atoms with Crippen LogP contribution in [0.4, 0.5) is 5.69 Å². The van der Waals surface area contributed by atoms with Gasteiger partial charge in [0.05, 0.1) is 0 Å². The molecule has 1 N–H and O–H groups in total. The van der Waals surface area contributed by atoms with Crippen LogP contribution < -0.4 is 10.2 Å². The zero-order valence-corrected chi connectivity index (χ0v) is 12.4. The van der Waals surface area contributed by atoms with E-state index in [-0.39, 0.29) is 0 Å². The smallest absolute Gasteiger partial charge is 0.0368 e. The Bertz CT molecular complexity index is 327. The SMILES string of the molecule is CCCNCCCCN(C)c1cc(C)cc(C)c1. The van der Waals surface area contributed by atoms with Crippen LogP contribution in [0.2, 0.25) is 0 Å². The van der Waals surface area contributed by atoms with Crippen molar-refractivity contribution < 1.29 is 0 Å². The van der Waals surface area contributed by atoms with Gasteiger partial charge in [0.1, 0.15) is 0 Å². The van der Waals surface area contributed by atoms with E-state index in [4.69, 9.17) is 0 Å². The molecule has 2 nitrogen and oxygen atoms in total. The van der Waals surface area contributed by atoms with Crippen molar-refractivity contribution >= 4 is 5.69 Å². The Labute approximate surface area is 112 Å². The van der Waals surface area contributed by atoms with E-state index in [0.29, 0.717) is 0 Å². The average Bonchev–Trinajstić information content (AvgIpc) is 2.32. The van der Waals surface area contributed by atoms with Crippen LogP contribution in [0, 0.1) is 13.8 Å². The summed E-state index contributed by atoms with van der Waals surface area (Å²) in [6.07, 6.45) is 3.73. The molecule has 0 saturated heterocycles. The zero-order chi connectivity index (χ0) is 13.4. The summed E-state index contributed by atoms with van der Waals surface area (Å²) < 4.78 is 0. The third-order valence-electron chi connectivity index (χ3n) is 3.17. The molecule has 18 heavy (non-hydrogen) atoms. The maximum Gasteiger partial charge on any atom is 0.0368 e. The van der Waals surface area contributed by atoms with Gasteiger partial charge in [-0.3, -0.25) is 0 Å². The van der Waals surface area contributed by atoms with Gasteiger partial charge in [-0.05, 0) is 69.5 Å². The van der Waals surface area contributed by atoms with E-state index in [1.54, 1.807) is 0 Å². The van der Waals surface area contributed by atoms with Crippen molar-refractivity contribution in [3.63, 3.8) is 0 Å². The van der Waals surface area contributed by atoms with Crippen molar-refractivity contribution in [3.05, 3.63) is 29.3 Å². The van der Waals surface area contributed by atoms with Crippen LogP contribution in [0.3, 0.4) is 0 Å². The molecule has 0 aliphatic rings. The van der Waals surface area contributed by atoms with Crippen LogP contribution in [-0.4, -0.2) is 26.7 Å². The highest BCUT2D eigenvalue weighted by atomic mass is 15.1. The Morgan fingerprint density at radius 2 is 1.67 bits per heavy atom. The fourth-order valence-corrected chi connectivity index (χ4v) is 2.20. The van der Waals surface area contributed by atoms with Crippen LogP contribution in [-0.2, 0) is 0 Å². The molecule has 0 atom stereocenters. The molecule has 0 radical (unpaired) electrons. The Hall–Kier alpha value is -1.02. The minimum absolute atomic E-state index is 1.14. The number of hydrogen-bond donors (Lipinski definition) is 1. The summed E-state index contributed by atoms with van der Waals surface area (Å²) in [5.74, 6) is 0. The van der Waals surface area contributed by atoms with Gasteiger partial charge in [-0.2, -0.15) is 0 Å². The Kier molecular flexibility index (Phi) is 6.81. The van der Waals surface area contributed by atoms with Crippen LogP contribution in [0.15, 0.2) is 18.2 Å². The van der Waals surface area contributed by atoms with Gasteiger partial charge in [-0.25, -0.2) is 0 Å². The summed E-state index contributed by atoms with van der Waals surface area (Å²) >= 11 is 0. The molecule has 0 bridgehead atoms. The number of nitrogens with one attached hydrogen (secondary N) is 1. The summed E-state index contributed by atoms with van der Waals surface area (Å²) in [5.41, 5.74) is 4.04. The van der Waals surface area contributed by atoms with Crippen molar-refractivity contribution in [1.29, 1.82) is 0 Å². The molecule has 0 fully saturated rings. The first kappa shape index (κ1) is 15.0. The molecular formula is C16H28N2. The van der Waals surface area contributed by atoms with E-state index in [0.717, 1.165) is 19.6 Å². The number of benzene rings is 1. The van der Waals surface area contributed by atoms with Gasteiger partial charge in [0.25, 0.3) is 0 Å². The Morgan fingerprint density at radius 1 is 1.00 bits per heavy atom. The molecule has 1 rings (SSSR count). The molecule has 0 aliphatic heterocycles. The summed E-state index contributed by atoms with van der Waals surface area (Å²) in [6.45, 7) is 9.97. The molecular weight excluding hydrogens is 220 g/mol. The van der Waals surface area contributed by atoms with Crippen LogP contribution >= 0.6 is 0 Å². The summed E-state index contributed by atoms with van der Waals surface area (Å²) in [7, 11) is 2.19. The molecule has 0 aliphatic carbocycles. The third-order valence-corrected chi connectivity index (χ3v) is 3.17. The van der Waals surface area contributed by atoms with Crippen LogP contribution in [0.5, 0.6) is 0 Å². The first-order valence-electron chi connectivity index (χ1n) is 7.13. The number of rotatable bonds is 8. The summed E-state index contributed by atoms with van der Waals surface area (Å²) in [5, 5.41) is 3.45. The van der Waals surface area contributed by atoms with Gasteiger partial charge in [0.2, 0.25) is 0 Å². The molecule has 0 unspecified atom stereocenters. The van der Waals surface area contributed by atoms with Gasteiger partial charge in [0, 0.05) is 19.3 Å². The summed E-state index contributed by atoms with van der Waals surface area (Å²) in [6, 6.07) is 6.76. The second-order valence-corrected chi connectivity index (χ2v) is 5.22. The van der Waals surface area contributed by atoms with Gasteiger partial charge >= 0.3 is 0 Å². The van der Waals surface area contributed by atoms with E-state index < -0.39 is 0 Å². The second-order valence-electron chi connectivity index (χ2n) is 5.22. The number of anilines is 1. The van der Waals surface area contributed by atoms with Crippen molar-refractivity contribution in [3.8, 4) is 0 Å². The highest BCUT2D eigenvalue weighted by Gasteiger charge is 2.02. The molecule has 0 amide bonds. The highest BCUT2D eigenvalue weighted by molar-refractivity contribution is 5.50. The fourth-order valence-electron chi connectivity index (χ4n) is 2.20. The predicted octanol–water partition coefficient (Wildman–Crippen LogP) is 3.52. The lowest BCUT2D eigenvalue weighted by atomic mass is 10.1. The number of unbranched alkanes of at least 4 members (excludes halogenated alkanes) is 1. The molecule has 1 aromatic carbocycles. The first-order valence-corrected chi connectivity index (χ1v) is 7.13. The van der Waals surface area contributed by atoms with E-state index in [1.165, 1.54) is 36.1 Å². The number of hydrogen-bond acceptors (Lipinski definition) is 2. The van der Waals surface area contributed by atoms with Gasteiger partial charge in [0.15, 0.2) is 0 Å². The number of aryl methyl sites for hydroxylation is 2. The summed E-state index contributed by atoms with van der Waals surface area (Å²) in [4.78, 5) is 2.36. The standard InChI is InChI=1S/C16H28N2/c1-5-8-17-9-6-7-10-18(4)16-12-14(2)11-15(3)13-16/h11-13,17H,5-10H2,1-4H3. The lowest BCUT2D eigenvalue weighted by molar-refractivity contribution is 0.615. The maximum absolute atomic E-state index is 3.45. The van der Waals surface area contributed by atoms with Crippen molar-refractivity contribution in [1.82, 2.24) is 5.32 Å². The molecule has 2 heteroatoms. The second kappa shape index (κ2) is 8.15. The van der Waals surface area contributed by atoms with Crippen LogP contribution in [0.25, 0.3) is 0 Å². The predicted molar refractivity (Wildman–Crippen MR) is 81.6 cm³/mol. The minimum Gasteiger partial charge on any atom is -0.375 e. The van der Waals surface area contributed by atoms with E-state index in [9.17, 15) is 0 Å². The number of nitrogens with zero attached hydrogens (tertiary/aromatic N) is 1. The van der Waals surface area contributed by atoms with Gasteiger partial charge in [-0.15, -0.1) is 0 Å². The Balaban J connectivity index is 2.29. The van der Waals surface area contributed by atoms with Crippen molar-refractivity contribution in [2.45, 2.75) is 40.0 Å². The first-order chi connectivity index (χ1) is 8.63. The average molecular weight is 248 g/mol. The lowest BCUT2D eigenvalue weighted by Gasteiger charge is -2.20. The van der Waals surface area contributed by atoms with Gasteiger partial charge in [-0.1, -0.05) is 13.0 Å². The quantitative estimate of drug-likeness (QED) is 0.708. The lowest BCUT2D eigenvalue weighted by Crippen LogP contribution is -2.21. The topological polar surface area (TPSA) is 15.3 Å².